The van der Waals surface area contributed by atoms with Crippen LogP contribution in [0.5, 0.6) is 5.75 Å². The van der Waals surface area contributed by atoms with Crippen LogP contribution < -0.4 is 10.1 Å². The molecule has 0 heterocycles. The van der Waals surface area contributed by atoms with Gasteiger partial charge < -0.3 is 24.8 Å². The first-order valence-corrected chi connectivity index (χ1v) is 8.23. The number of carbonyl (C=O) groups is 3. The fourth-order valence-electron chi connectivity index (χ4n) is 1.99. The van der Waals surface area contributed by atoms with Crippen molar-refractivity contribution in [2.75, 3.05) is 19.7 Å². The second-order valence-electron chi connectivity index (χ2n) is 6.69. The van der Waals surface area contributed by atoms with Crippen molar-refractivity contribution in [3.05, 3.63) is 29.8 Å². The summed E-state index contributed by atoms with van der Waals surface area (Å²) < 4.78 is 10.6. The monoisotopic (exact) mass is 366 g/mol. The Morgan fingerprint density at radius 3 is 2.27 bits per heavy atom. The van der Waals surface area contributed by atoms with E-state index in [-0.39, 0.29) is 25.6 Å². The summed E-state index contributed by atoms with van der Waals surface area (Å²) in [5, 5.41) is 11.4. The molecule has 8 nitrogen and oxygen atoms in total. The van der Waals surface area contributed by atoms with Crippen molar-refractivity contribution in [3.8, 4) is 5.75 Å². The Bertz CT molecular complexity index is 622. The second kappa shape index (κ2) is 9.65. The minimum atomic E-state index is -1.06. The molecule has 8 heteroatoms. The fraction of sp³-hybridized carbons (Fsp3) is 0.500. The number of hydrogen-bond acceptors (Lipinski definition) is 5. The average molecular weight is 366 g/mol. The Balaban J connectivity index is 2.41. The molecular formula is C18H26N2O6. The Morgan fingerprint density at radius 1 is 1.15 bits per heavy atom. The van der Waals surface area contributed by atoms with Crippen molar-refractivity contribution in [2.24, 2.45) is 0 Å². The number of carboxylic acid groups (broad SMARTS) is 1. The number of hydrogen-bond donors (Lipinski definition) is 2. The SMILES string of the molecule is CC(=O)N(CC(=O)O)Cc1ccc(OCCNC(=O)OC(C)(C)C)cc1. The second-order valence-corrected chi connectivity index (χ2v) is 6.69. The van der Waals surface area contributed by atoms with Gasteiger partial charge in [-0.05, 0) is 38.5 Å². The summed E-state index contributed by atoms with van der Waals surface area (Å²) in [5.74, 6) is -0.758. The van der Waals surface area contributed by atoms with E-state index in [1.165, 1.54) is 11.8 Å². The van der Waals surface area contributed by atoms with Gasteiger partial charge in [0.2, 0.25) is 5.91 Å². The lowest BCUT2D eigenvalue weighted by Gasteiger charge is -2.20. The topological polar surface area (TPSA) is 105 Å². The fourth-order valence-corrected chi connectivity index (χ4v) is 1.99. The predicted octanol–water partition coefficient (Wildman–Crippen LogP) is 2.02. The van der Waals surface area contributed by atoms with Gasteiger partial charge in [0.1, 0.15) is 24.5 Å². The molecule has 2 N–H and O–H groups in total. The van der Waals surface area contributed by atoms with Gasteiger partial charge in [0.05, 0.1) is 6.54 Å². The molecule has 0 atom stereocenters. The molecule has 0 unspecified atom stereocenters. The molecule has 0 spiro atoms. The van der Waals surface area contributed by atoms with Crippen LogP contribution >= 0.6 is 0 Å². The standard InChI is InChI=1S/C18H26N2O6/c1-13(21)20(12-16(22)23)11-14-5-7-15(8-6-14)25-10-9-19-17(24)26-18(2,3)4/h5-8H,9-12H2,1-4H3,(H,19,24)(H,22,23). The van der Waals surface area contributed by atoms with E-state index in [2.05, 4.69) is 5.32 Å². The molecule has 26 heavy (non-hydrogen) atoms. The minimum absolute atomic E-state index is 0.210. The molecule has 1 aromatic carbocycles. The largest absolute Gasteiger partial charge is 0.492 e. The molecule has 0 aliphatic carbocycles. The Morgan fingerprint density at radius 2 is 1.77 bits per heavy atom. The number of rotatable bonds is 8. The molecule has 0 aliphatic heterocycles. The van der Waals surface area contributed by atoms with Crippen LogP contribution in [0.2, 0.25) is 0 Å². The van der Waals surface area contributed by atoms with E-state index in [4.69, 9.17) is 14.6 Å². The number of alkyl carbamates (subject to hydrolysis) is 1. The minimum Gasteiger partial charge on any atom is -0.492 e. The van der Waals surface area contributed by atoms with Crippen LogP contribution in [-0.2, 0) is 20.9 Å². The predicted molar refractivity (Wildman–Crippen MR) is 94.9 cm³/mol. The molecule has 1 rings (SSSR count). The highest BCUT2D eigenvalue weighted by atomic mass is 16.6. The zero-order chi connectivity index (χ0) is 19.7. The quantitative estimate of drug-likeness (QED) is 0.682. The summed E-state index contributed by atoms with van der Waals surface area (Å²) in [6.45, 7) is 7.13. The van der Waals surface area contributed by atoms with Crippen molar-refractivity contribution < 1.29 is 29.0 Å². The highest BCUT2D eigenvalue weighted by molar-refractivity contribution is 5.79. The van der Waals surface area contributed by atoms with E-state index in [0.717, 1.165) is 5.56 Å². The number of nitrogens with zero attached hydrogens (tertiary/aromatic N) is 1. The smallest absolute Gasteiger partial charge is 0.407 e. The van der Waals surface area contributed by atoms with Crippen molar-refractivity contribution in [3.63, 3.8) is 0 Å². The number of carboxylic acids is 1. The number of aliphatic carboxylic acids is 1. The third-order valence-corrected chi connectivity index (χ3v) is 3.11. The highest BCUT2D eigenvalue weighted by Gasteiger charge is 2.15. The van der Waals surface area contributed by atoms with E-state index in [1.54, 1.807) is 45.0 Å². The van der Waals surface area contributed by atoms with E-state index in [1.807, 2.05) is 0 Å². The molecule has 0 saturated carbocycles. The number of nitrogens with one attached hydrogen (secondary N) is 1. The highest BCUT2D eigenvalue weighted by Crippen LogP contribution is 2.14. The van der Waals surface area contributed by atoms with Gasteiger partial charge in [0.25, 0.3) is 0 Å². The molecule has 0 radical (unpaired) electrons. The third kappa shape index (κ3) is 8.91. The molecular weight excluding hydrogens is 340 g/mol. The van der Waals surface area contributed by atoms with Crippen molar-refractivity contribution in [1.82, 2.24) is 10.2 Å². The summed E-state index contributed by atoms with van der Waals surface area (Å²) in [4.78, 5) is 35.0. The Labute approximate surface area is 153 Å². The number of benzene rings is 1. The summed E-state index contributed by atoms with van der Waals surface area (Å²) >= 11 is 0. The molecule has 0 aromatic heterocycles. The van der Waals surface area contributed by atoms with Crippen molar-refractivity contribution in [2.45, 2.75) is 39.8 Å². The van der Waals surface area contributed by atoms with E-state index >= 15 is 0 Å². The van der Waals surface area contributed by atoms with Crippen molar-refractivity contribution in [1.29, 1.82) is 0 Å². The number of amides is 2. The first-order chi connectivity index (χ1) is 12.1. The normalized spacial score (nSPS) is 10.8. The lowest BCUT2D eigenvalue weighted by Crippen LogP contribution is -2.34. The molecule has 1 aromatic rings. The van der Waals surface area contributed by atoms with Crippen LogP contribution in [0.4, 0.5) is 4.79 Å². The van der Waals surface area contributed by atoms with Crippen LogP contribution in [0, 0.1) is 0 Å². The molecule has 0 bridgehead atoms. The summed E-state index contributed by atoms with van der Waals surface area (Å²) in [7, 11) is 0. The average Bonchev–Trinajstić information content (AvgIpc) is 2.50. The Hall–Kier alpha value is -2.77. The van der Waals surface area contributed by atoms with Crippen molar-refractivity contribution >= 4 is 18.0 Å². The maximum absolute atomic E-state index is 11.5. The Kier molecular flexibility index (Phi) is 7.89. The zero-order valence-electron chi connectivity index (χ0n) is 15.6. The third-order valence-electron chi connectivity index (χ3n) is 3.11. The summed E-state index contributed by atoms with van der Waals surface area (Å²) in [6, 6.07) is 6.96. The van der Waals surface area contributed by atoms with Gasteiger partial charge >= 0.3 is 12.1 Å². The van der Waals surface area contributed by atoms with Gasteiger partial charge in [-0.3, -0.25) is 9.59 Å². The van der Waals surface area contributed by atoms with Gasteiger partial charge in [0, 0.05) is 13.5 Å². The summed E-state index contributed by atoms with van der Waals surface area (Å²) in [6.07, 6.45) is -0.501. The van der Waals surface area contributed by atoms with Crippen LogP contribution in [0.25, 0.3) is 0 Å². The van der Waals surface area contributed by atoms with Gasteiger partial charge in [-0.25, -0.2) is 4.79 Å². The van der Waals surface area contributed by atoms with Gasteiger partial charge in [-0.15, -0.1) is 0 Å². The molecule has 0 saturated heterocycles. The van der Waals surface area contributed by atoms with Crippen LogP contribution in [0.1, 0.15) is 33.3 Å². The molecule has 0 fully saturated rings. The van der Waals surface area contributed by atoms with Crippen LogP contribution in [0.15, 0.2) is 24.3 Å². The van der Waals surface area contributed by atoms with E-state index in [9.17, 15) is 14.4 Å². The first-order valence-electron chi connectivity index (χ1n) is 8.23. The first kappa shape index (κ1) is 21.3. The molecule has 2 amide bonds. The van der Waals surface area contributed by atoms with Gasteiger partial charge in [-0.2, -0.15) is 0 Å². The molecule has 144 valence electrons. The number of carbonyl (C=O) groups excluding carboxylic acids is 2. The lowest BCUT2D eigenvalue weighted by atomic mass is 10.2. The van der Waals surface area contributed by atoms with Gasteiger partial charge in [0.15, 0.2) is 0 Å². The lowest BCUT2D eigenvalue weighted by molar-refractivity contribution is -0.144. The van der Waals surface area contributed by atoms with Crippen LogP contribution in [0.3, 0.4) is 0 Å². The maximum Gasteiger partial charge on any atom is 0.407 e. The van der Waals surface area contributed by atoms with Crippen LogP contribution in [-0.4, -0.2) is 53.3 Å². The zero-order valence-corrected chi connectivity index (χ0v) is 15.6. The van der Waals surface area contributed by atoms with E-state index in [0.29, 0.717) is 12.3 Å². The maximum atomic E-state index is 11.5. The van der Waals surface area contributed by atoms with E-state index < -0.39 is 17.7 Å². The number of ether oxygens (including phenoxy) is 2. The van der Waals surface area contributed by atoms with Gasteiger partial charge in [-0.1, -0.05) is 12.1 Å². The molecule has 0 aliphatic rings. The summed E-state index contributed by atoms with van der Waals surface area (Å²) in [5.41, 5.74) is 0.246.